The molecule has 0 aliphatic heterocycles. The van der Waals surface area contributed by atoms with Gasteiger partial charge in [0.05, 0.1) is 5.56 Å². The molecule has 124 valence electrons. The van der Waals surface area contributed by atoms with Crippen molar-refractivity contribution in [3.8, 4) is 0 Å². The zero-order valence-corrected chi connectivity index (χ0v) is 14.4. The van der Waals surface area contributed by atoms with Gasteiger partial charge in [-0.1, -0.05) is 34.1 Å². The Morgan fingerprint density at radius 2 is 1.75 bits per heavy atom. The normalized spacial score (nSPS) is 11.4. The molecule has 6 nitrogen and oxygen atoms in total. The first-order valence-electron chi connectivity index (χ1n) is 7.04. The van der Waals surface area contributed by atoms with Crippen molar-refractivity contribution in [3.63, 3.8) is 0 Å². The number of nitrogens with one attached hydrogen (secondary N) is 1. The number of ketones is 1. The summed E-state index contributed by atoms with van der Waals surface area (Å²) in [5.41, 5.74) is 6.05. The Labute approximate surface area is 147 Å². The second-order valence-corrected chi connectivity index (χ2v) is 5.90. The van der Waals surface area contributed by atoms with Crippen LogP contribution in [0, 0.1) is 0 Å². The molecule has 2 rings (SSSR count). The minimum atomic E-state index is -0.938. The van der Waals surface area contributed by atoms with Gasteiger partial charge in [0.1, 0.15) is 0 Å². The van der Waals surface area contributed by atoms with Crippen LogP contribution in [-0.2, 0) is 4.74 Å². The number of carbonyl (C=O) groups is 3. The Morgan fingerprint density at radius 3 is 2.38 bits per heavy atom. The van der Waals surface area contributed by atoms with E-state index in [9.17, 15) is 14.4 Å². The van der Waals surface area contributed by atoms with Crippen molar-refractivity contribution in [1.29, 1.82) is 0 Å². The first-order chi connectivity index (χ1) is 11.4. The minimum Gasteiger partial charge on any atom is -0.451 e. The van der Waals surface area contributed by atoms with E-state index in [0.29, 0.717) is 11.3 Å². The van der Waals surface area contributed by atoms with Crippen molar-refractivity contribution < 1.29 is 19.1 Å². The molecule has 0 aliphatic carbocycles. The molecule has 0 heterocycles. The first-order valence-corrected chi connectivity index (χ1v) is 7.83. The largest absolute Gasteiger partial charge is 0.451 e. The van der Waals surface area contributed by atoms with Gasteiger partial charge in [-0.2, -0.15) is 0 Å². The van der Waals surface area contributed by atoms with E-state index in [2.05, 4.69) is 21.2 Å². The molecule has 0 spiro atoms. The predicted molar refractivity (Wildman–Crippen MR) is 93.0 cm³/mol. The number of amides is 2. The van der Waals surface area contributed by atoms with E-state index < -0.39 is 18.1 Å². The number of Topliss-reactive ketones (excluding diaryl/α,β-unsaturated/α-hetero) is 1. The van der Waals surface area contributed by atoms with Crippen LogP contribution in [0.4, 0.5) is 10.5 Å². The van der Waals surface area contributed by atoms with E-state index in [1.54, 1.807) is 36.4 Å². The Hall–Kier alpha value is -2.67. The number of hydrogen-bond donors (Lipinski definition) is 2. The maximum absolute atomic E-state index is 12.3. The van der Waals surface area contributed by atoms with Crippen molar-refractivity contribution in [2.75, 3.05) is 5.32 Å². The summed E-state index contributed by atoms with van der Waals surface area (Å²) in [5, 5.41) is 2.37. The maximum atomic E-state index is 12.3. The highest BCUT2D eigenvalue weighted by atomic mass is 79.9. The summed E-state index contributed by atoms with van der Waals surface area (Å²) in [5.74, 6) is -0.969. The third-order valence-corrected chi connectivity index (χ3v) is 3.68. The van der Waals surface area contributed by atoms with E-state index in [0.717, 1.165) is 4.47 Å². The molecule has 0 saturated carbocycles. The highest BCUT2D eigenvalue weighted by Gasteiger charge is 2.20. The quantitative estimate of drug-likeness (QED) is 0.603. The van der Waals surface area contributed by atoms with Crippen LogP contribution >= 0.6 is 15.9 Å². The van der Waals surface area contributed by atoms with Gasteiger partial charge in [0.15, 0.2) is 6.10 Å². The zero-order chi connectivity index (χ0) is 17.7. The minimum absolute atomic E-state index is 0.205. The number of hydrogen-bond acceptors (Lipinski definition) is 4. The van der Waals surface area contributed by atoms with Crippen molar-refractivity contribution >= 4 is 39.4 Å². The number of primary amides is 1. The van der Waals surface area contributed by atoms with Gasteiger partial charge in [0, 0.05) is 15.7 Å². The molecule has 0 aliphatic rings. The number of benzene rings is 2. The number of halogens is 1. The van der Waals surface area contributed by atoms with Crippen molar-refractivity contribution in [3.05, 3.63) is 64.1 Å². The number of urea groups is 1. The lowest BCUT2D eigenvalue weighted by Gasteiger charge is -2.13. The van der Waals surface area contributed by atoms with E-state index in [1.807, 2.05) is 0 Å². The summed E-state index contributed by atoms with van der Waals surface area (Å²) in [6.07, 6.45) is -0.938. The number of rotatable bonds is 5. The van der Waals surface area contributed by atoms with Crippen LogP contribution in [0.25, 0.3) is 0 Å². The molecule has 7 heteroatoms. The van der Waals surface area contributed by atoms with Gasteiger partial charge in [0.2, 0.25) is 5.78 Å². The molecule has 3 N–H and O–H groups in total. The van der Waals surface area contributed by atoms with E-state index >= 15 is 0 Å². The van der Waals surface area contributed by atoms with E-state index in [4.69, 9.17) is 10.5 Å². The van der Waals surface area contributed by atoms with Crippen molar-refractivity contribution in [2.24, 2.45) is 5.73 Å². The zero-order valence-electron chi connectivity index (χ0n) is 12.8. The van der Waals surface area contributed by atoms with Crippen LogP contribution < -0.4 is 11.1 Å². The van der Waals surface area contributed by atoms with E-state index in [1.165, 1.54) is 19.1 Å². The molecule has 0 unspecified atom stereocenters. The van der Waals surface area contributed by atoms with E-state index in [-0.39, 0.29) is 11.3 Å². The molecule has 0 saturated heterocycles. The predicted octanol–water partition coefficient (Wildman–Crippen LogP) is 3.37. The molecular weight excluding hydrogens is 376 g/mol. The molecule has 2 aromatic rings. The van der Waals surface area contributed by atoms with Gasteiger partial charge in [-0.15, -0.1) is 0 Å². The molecule has 2 aromatic carbocycles. The van der Waals surface area contributed by atoms with Crippen molar-refractivity contribution in [2.45, 2.75) is 13.0 Å². The Morgan fingerprint density at radius 1 is 1.08 bits per heavy atom. The van der Waals surface area contributed by atoms with Crippen LogP contribution in [0.3, 0.4) is 0 Å². The number of carbonyl (C=O) groups excluding carboxylic acids is 3. The fourth-order valence-electron chi connectivity index (χ4n) is 2.00. The highest BCUT2D eigenvalue weighted by Crippen LogP contribution is 2.15. The average molecular weight is 391 g/mol. The van der Waals surface area contributed by atoms with Gasteiger partial charge < -0.3 is 15.8 Å². The lowest BCUT2D eigenvalue weighted by molar-refractivity contribution is 0.0319. The Kier molecular flexibility index (Phi) is 5.70. The number of anilines is 1. The first kappa shape index (κ1) is 17.7. The molecule has 0 bridgehead atoms. The smallest absolute Gasteiger partial charge is 0.338 e. The maximum Gasteiger partial charge on any atom is 0.338 e. The van der Waals surface area contributed by atoms with Gasteiger partial charge in [-0.3, -0.25) is 4.79 Å². The van der Waals surface area contributed by atoms with Gasteiger partial charge in [-0.05, 0) is 37.3 Å². The summed E-state index contributed by atoms with van der Waals surface area (Å²) in [4.78, 5) is 35.3. The molecular formula is C17H15BrN2O4. The molecule has 24 heavy (non-hydrogen) atoms. The summed E-state index contributed by atoms with van der Waals surface area (Å²) in [7, 11) is 0. The van der Waals surface area contributed by atoms with Gasteiger partial charge in [0.25, 0.3) is 0 Å². The van der Waals surface area contributed by atoms with Crippen LogP contribution in [0.5, 0.6) is 0 Å². The topological polar surface area (TPSA) is 98.5 Å². The van der Waals surface area contributed by atoms with Crippen LogP contribution in [0.1, 0.15) is 27.6 Å². The summed E-state index contributed by atoms with van der Waals surface area (Å²) < 4.78 is 6.05. The SMILES string of the molecule is C[C@H](OC(=O)c1cccc(NC(N)=O)c1)C(=O)c1ccc(Br)cc1. The third-order valence-electron chi connectivity index (χ3n) is 3.15. The Bertz CT molecular complexity index is 774. The number of esters is 1. The number of nitrogens with two attached hydrogens (primary N) is 1. The molecule has 2 amide bonds. The van der Waals surface area contributed by atoms with Crippen LogP contribution in [0.2, 0.25) is 0 Å². The Balaban J connectivity index is 2.07. The number of ether oxygens (including phenoxy) is 1. The lowest BCUT2D eigenvalue weighted by atomic mass is 10.1. The van der Waals surface area contributed by atoms with Gasteiger partial charge >= 0.3 is 12.0 Å². The fourth-order valence-corrected chi connectivity index (χ4v) is 2.26. The summed E-state index contributed by atoms with van der Waals surface area (Å²) in [6, 6.07) is 12.1. The average Bonchev–Trinajstić information content (AvgIpc) is 2.54. The monoisotopic (exact) mass is 390 g/mol. The third kappa shape index (κ3) is 4.66. The summed E-state index contributed by atoms with van der Waals surface area (Å²) >= 11 is 3.29. The van der Waals surface area contributed by atoms with Gasteiger partial charge in [-0.25, -0.2) is 9.59 Å². The standard InChI is InChI=1S/C17H15BrN2O4/c1-10(15(21)11-5-7-13(18)8-6-11)24-16(22)12-3-2-4-14(9-12)20-17(19)23/h2-10H,1H3,(H3,19,20,23)/t10-/m0/s1. The van der Waals surface area contributed by atoms with Crippen LogP contribution in [0.15, 0.2) is 53.0 Å². The van der Waals surface area contributed by atoms with Crippen molar-refractivity contribution in [1.82, 2.24) is 0 Å². The molecule has 0 radical (unpaired) electrons. The fraction of sp³-hybridized carbons (Fsp3) is 0.118. The second kappa shape index (κ2) is 7.74. The highest BCUT2D eigenvalue weighted by molar-refractivity contribution is 9.10. The molecule has 0 aromatic heterocycles. The summed E-state index contributed by atoms with van der Waals surface area (Å²) in [6.45, 7) is 1.51. The second-order valence-electron chi connectivity index (χ2n) is 4.99. The lowest BCUT2D eigenvalue weighted by Crippen LogP contribution is -2.24. The van der Waals surface area contributed by atoms with Crippen LogP contribution in [-0.4, -0.2) is 23.9 Å². The molecule has 0 fully saturated rings. The molecule has 1 atom stereocenters.